The molecule has 2 aromatic carbocycles. The summed E-state index contributed by atoms with van der Waals surface area (Å²) in [5, 5.41) is 4.62. The molecule has 2 atom stereocenters. The Hall–Kier alpha value is -2.10. The maximum Gasteiger partial charge on any atom is 0.119 e. The van der Waals surface area contributed by atoms with Crippen LogP contribution in [0.1, 0.15) is 60.7 Å². The molecule has 0 saturated carbocycles. The van der Waals surface area contributed by atoms with E-state index in [0.717, 1.165) is 18.7 Å². The predicted octanol–water partition coefficient (Wildman–Crippen LogP) is 5.69. The van der Waals surface area contributed by atoms with Crippen molar-refractivity contribution in [2.75, 3.05) is 6.54 Å². The van der Waals surface area contributed by atoms with Crippen molar-refractivity contribution in [1.82, 2.24) is 0 Å². The molecule has 0 unspecified atom stereocenters. The molecular weight excluding hydrogens is 362 g/mol. The van der Waals surface area contributed by atoms with Gasteiger partial charge in [-0.3, -0.25) is 0 Å². The van der Waals surface area contributed by atoms with E-state index in [9.17, 15) is 0 Å². The van der Waals surface area contributed by atoms with Gasteiger partial charge in [-0.05, 0) is 62.4 Å². The van der Waals surface area contributed by atoms with Crippen molar-refractivity contribution >= 4 is 11.3 Å². The highest BCUT2D eigenvalue weighted by molar-refractivity contribution is 7.10. The van der Waals surface area contributed by atoms with Gasteiger partial charge in [0, 0.05) is 12.3 Å². The smallest absolute Gasteiger partial charge is 0.119 e. The maximum absolute atomic E-state index is 5.82. The summed E-state index contributed by atoms with van der Waals surface area (Å²) in [4.78, 5) is 1.45. The fraction of sp³-hybridized carbons (Fsp3) is 0.360. The highest BCUT2D eigenvalue weighted by atomic mass is 32.1. The normalized spacial score (nSPS) is 13.5. The van der Waals surface area contributed by atoms with Crippen LogP contribution >= 0.6 is 11.3 Å². The van der Waals surface area contributed by atoms with Crippen LogP contribution in [0, 0.1) is 6.92 Å². The van der Waals surface area contributed by atoms with Crippen molar-refractivity contribution in [3.63, 3.8) is 0 Å². The Morgan fingerprint density at radius 3 is 2.11 bits per heavy atom. The summed E-state index contributed by atoms with van der Waals surface area (Å²) in [5.74, 6) is 1.35. The van der Waals surface area contributed by atoms with Crippen molar-refractivity contribution in [3.8, 4) is 5.75 Å². The Balaban J connectivity index is 1.72. The zero-order valence-corrected chi connectivity index (χ0v) is 18.2. The van der Waals surface area contributed by atoms with Crippen LogP contribution in [0.15, 0.2) is 66.0 Å². The number of aryl methyl sites for hydroxylation is 1. The summed E-state index contributed by atoms with van der Waals surface area (Å²) in [6.07, 6.45) is 1.32. The predicted molar refractivity (Wildman–Crippen MR) is 119 cm³/mol. The lowest BCUT2D eigenvalue weighted by Crippen LogP contribution is -2.84. The molecule has 1 heterocycles. The SMILES string of the molecule is Cc1ccc([C@H](CC[NH2+][C@@H](C)c2cccs2)c2ccc(OC(C)C)cc2)cc1. The van der Waals surface area contributed by atoms with E-state index in [-0.39, 0.29) is 6.10 Å². The fourth-order valence-electron chi connectivity index (χ4n) is 3.55. The van der Waals surface area contributed by atoms with Gasteiger partial charge in [0.1, 0.15) is 11.8 Å². The summed E-state index contributed by atoms with van der Waals surface area (Å²) >= 11 is 1.85. The summed E-state index contributed by atoms with van der Waals surface area (Å²) < 4.78 is 5.82. The Morgan fingerprint density at radius 1 is 0.893 bits per heavy atom. The molecule has 1 aromatic heterocycles. The van der Waals surface area contributed by atoms with Gasteiger partial charge >= 0.3 is 0 Å². The minimum atomic E-state index is 0.201. The number of hydrogen-bond donors (Lipinski definition) is 1. The molecule has 148 valence electrons. The molecule has 0 amide bonds. The van der Waals surface area contributed by atoms with Gasteiger partial charge in [0.05, 0.1) is 17.5 Å². The van der Waals surface area contributed by atoms with Crippen LogP contribution in [0.3, 0.4) is 0 Å². The summed E-state index contributed by atoms with van der Waals surface area (Å²) in [7, 11) is 0. The molecule has 3 rings (SSSR count). The minimum Gasteiger partial charge on any atom is -0.491 e. The Labute approximate surface area is 173 Å². The van der Waals surface area contributed by atoms with E-state index < -0.39 is 0 Å². The number of nitrogens with two attached hydrogens (primary N) is 1. The van der Waals surface area contributed by atoms with Gasteiger partial charge in [-0.15, -0.1) is 11.3 Å². The average molecular weight is 395 g/mol. The first-order valence-corrected chi connectivity index (χ1v) is 11.1. The molecule has 3 heteroatoms. The van der Waals surface area contributed by atoms with Crippen molar-refractivity contribution in [2.45, 2.75) is 52.2 Å². The van der Waals surface area contributed by atoms with Crippen molar-refractivity contribution in [3.05, 3.63) is 87.6 Å². The fourth-order valence-corrected chi connectivity index (χ4v) is 4.34. The molecule has 0 bridgehead atoms. The first-order valence-electron chi connectivity index (χ1n) is 10.2. The van der Waals surface area contributed by atoms with Crippen LogP contribution < -0.4 is 10.1 Å². The summed E-state index contributed by atoms with van der Waals surface area (Å²) in [6.45, 7) is 9.67. The van der Waals surface area contributed by atoms with Gasteiger partial charge in [-0.2, -0.15) is 0 Å². The van der Waals surface area contributed by atoms with Gasteiger partial charge < -0.3 is 10.1 Å². The van der Waals surface area contributed by atoms with E-state index >= 15 is 0 Å². The second kappa shape index (κ2) is 9.90. The Bertz CT molecular complexity index is 822. The zero-order chi connectivity index (χ0) is 19.9. The largest absolute Gasteiger partial charge is 0.491 e. The lowest BCUT2D eigenvalue weighted by Gasteiger charge is -2.19. The van der Waals surface area contributed by atoms with E-state index in [4.69, 9.17) is 4.74 Å². The molecule has 0 aliphatic heterocycles. The van der Waals surface area contributed by atoms with E-state index in [1.807, 2.05) is 11.3 Å². The topological polar surface area (TPSA) is 25.8 Å². The molecular formula is C25H32NOS+. The van der Waals surface area contributed by atoms with Gasteiger partial charge in [0.2, 0.25) is 0 Å². The van der Waals surface area contributed by atoms with E-state index in [1.165, 1.54) is 21.6 Å². The van der Waals surface area contributed by atoms with Gasteiger partial charge in [0.15, 0.2) is 0 Å². The quantitative estimate of drug-likeness (QED) is 0.496. The molecule has 2 nitrogen and oxygen atoms in total. The van der Waals surface area contributed by atoms with Crippen molar-refractivity contribution in [1.29, 1.82) is 0 Å². The third-order valence-corrected chi connectivity index (χ3v) is 6.17. The zero-order valence-electron chi connectivity index (χ0n) is 17.4. The molecule has 28 heavy (non-hydrogen) atoms. The third-order valence-electron chi connectivity index (χ3n) is 5.10. The Kier molecular flexibility index (Phi) is 7.30. The van der Waals surface area contributed by atoms with E-state index in [2.05, 4.69) is 99.1 Å². The first kappa shape index (κ1) is 20.6. The van der Waals surface area contributed by atoms with Crippen LogP contribution in [0.5, 0.6) is 5.75 Å². The van der Waals surface area contributed by atoms with Gasteiger partial charge in [0.25, 0.3) is 0 Å². The van der Waals surface area contributed by atoms with E-state index in [0.29, 0.717) is 12.0 Å². The summed E-state index contributed by atoms with van der Waals surface area (Å²) in [5.41, 5.74) is 4.05. The van der Waals surface area contributed by atoms with Crippen LogP contribution in [0.2, 0.25) is 0 Å². The maximum atomic E-state index is 5.82. The average Bonchev–Trinajstić information content (AvgIpc) is 3.21. The number of quaternary nitrogens is 1. The van der Waals surface area contributed by atoms with Crippen LogP contribution in [0.4, 0.5) is 0 Å². The minimum absolute atomic E-state index is 0.201. The molecule has 2 N–H and O–H groups in total. The number of thiophene rings is 1. The number of hydrogen-bond acceptors (Lipinski definition) is 2. The number of rotatable bonds is 9. The third kappa shape index (κ3) is 5.70. The lowest BCUT2D eigenvalue weighted by molar-refractivity contribution is -0.692. The highest BCUT2D eigenvalue weighted by Gasteiger charge is 2.17. The van der Waals surface area contributed by atoms with Crippen LogP contribution in [-0.2, 0) is 0 Å². The molecule has 0 spiro atoms. The molecule has 0 aliphatic rings. The first-order chi connectivity index (χ1) is 13.5. The lowest BCUT2D eigenvalue weighted by atomic mass is 9.88. The molecule has 0 fully saturated rings. The van der Waals surface area contributed by atoms with Crippen LogP contribution in [-0.4, -0.2) is 12.6 Å². The second-order valence-corrected chi connectivity index (χ2v) is 8.80. The van der Waals surface area contributed by atoms with Crippen molar-refractivity contribution < 1.29 is 10.1 Å². The summed E-state index contributed by atoms with van der Waals surface area (Å²) in [6, 6.07) is 22.5. The number of ether oxygens (including phenoxy) is 1. The van der Waals surface area contributed by atoms with E-state index in [1.54, 1.807) is 0 Å². The van der Waals surface area contributed by atoms with Gasteiger partial charge in [-0.25, -0.2) is 0 Å². The molecule has 0 aliphatic carbocycles. The molecule has 3 aromatic rings. The standard InChI is InChI=1S/C25H31NOS/c1-18(2)27-23-13-11-22(12-14-23)24(21-9-7-19(3)8-10-21)15-16-26-20(4)25-6-5-17-28-25/h5-14,17-18,20,24,26H,15-16H2,1-4H3/p+1/t20-,24-/m0/s1. The number of benzene rings is 2. The van der Waals surface area contributed by atoms with Crippen molar-refractivity contribution in [2.24, 2.45) is 0 Å². The Morgan fingerprint density at radius 2 is 1.54 bits per heavy atom. The van der Waals surface area contributed by atoms with Crippen LogP contribution in [0.25, 0.3) is 0 Å². The molecule has 0 saturated heterocycles. The second-order valence-electron chi connectivity index (χ2n) is 7.82. The highest BCUT2D eigenvalue weighted by Crippen LogP contribution is 2.29. The van der Waals surface area contributed by atoms with Gasteiger partial charge in [-0.1, -0.05) is 48.0 Å². The molecule has 0 radical (unpaired) electrons. The monoisotopic (exact) mass is 394 g/mol.